The molecule has 0 bridgehead atoms. The van der Waals surface area contributed by atoms with E-state index in [2.05, 4.69) is 24.3 Å². The smallest absolute Gasteiger partial charge is 0.0510 e. The summed E-state index contributed by atoms with van der Waals surface area (Å²) in [5.74, 6) is 0. The van der Waals surface area contributed by atoms with Crippen LogP contribution in [-0.4, -0.2) is 18.1 Å². The van der Waals surface area contributed by atoms with Gasteiger partial charge in [0.15, 0.2) is 0 Å². The first-order valence-electron chi connectivity index (χ1n) is 4.63. The number of benzene rings is 1. The number of nitrogens with one attached hydrogen (secondary N) is 1. The molecule has 0 saturated heterocycles. The molecular weight excluding hydrogens is 162 g/mol. The molecule has 3 N–H and O–H groups in total. The summed E-state index contributed by atoms with van der Waals surface area (Å²) in [5, 5.41) is 2.12. The zero-order chi connectivity index (χ0) is 9.68. The number of nitrogens with zero attached hydrogens (tertiary/aromatic N) is 1. The van der Waals surface area contributed by atoms with Gasteiger partial charge in [-0.3, -0.25) is 0 Å². The average Bonchev–Trinajstić information content (AvgIpc) is 2.14. The van der Waals surface area contributed by atoms with E-state index in [9.17, 15) is 0 Å². The first kappa shape index (κ1) is 9.86. The number of rotatable bonds is 4. The second-order valence-electron chi connectivity index (χ2n) is 2.91. The van der Waals surface area contributed by atoms with E-state index in [-0.39, 0.29) is 0 Å². The van der Waals surface area contributed by atoms with Crippen molar-refractivity contribution in [1.82, 2.24) is 5.01 Å². The minimum atomic E-state index is 0.789. The van der Waals surface area contributed by atoms with E-state index in [0.717, 1.165) is 24.5 Å². The average molecular weight is 179 g/mol. The second kappa shape index (κ2) is 4.72. The normalized spacial score (nSPS) is 10.4. The number of nitrogen functional groups attached to an aromatic ring is 1. The highest BCUT2D eigenvalue weighted by Gasteiger charge is 1.98. The fourth-order valence-electron chi connectivity index (χ4n) is 1.17. The predicted octanol–water partition coefficient (Wildman–Crippen LogP) is 1.94. The summed E-state index contributed by atoms with van der Waals surface area (Å²) in [7, 11) is 0. The van der Waals surface area contributed by atoms with Gasteiger partial charge in [0.1, 0.15) is 0 Å². The first-order chi connectivity index (χ1) is 6.26. The lowest BCUT2D eigenvalue weighted by molar-refractivity contribution is 0.367. The van der Waals surface area contributed by atoms with E-state index < -0.39 is 0 Å². The van der Waals surface area contributed by atoms with Crippen molar-refractivity contribution < 1.29 is 0 Å². The highest BCUT2D eigenvalue weighted by atomic mass is 15.5. The summed E-state index contributed by atoms with van der Waals surface area (Å²) >= 11 is 0. The Morgan fingerprint density at radius 2 is 2.00 bits per heavy atom. The largest absolute Gasteiger partial charge is 0.399 e. The number of nitrogens with two attached hydrogens (primary N) is 1. The molecule has 3 heteroatoms. The van der Waals surface area contributed by atoms with E-state index in [1.165, 1.54) is 0 Å². The lowest BCUT2D eigenvalue weighted by Crippen LogP contribution is -2.29. The van der Waals surface area contributed by atoms with Crippen molar-refractivity contribution in [3.05, 3.63) is 24.3 Å². The van der Waals surface area contributed by atoms with Crippen LogP contribution in [0.5, 0.6) is 0 Å². The Morgan fingerprint density at radius 3 is 2.54 bits per heavy atom. The van der Waals surface area contributed by atoms with Crippen LogP contribution in [0.2, 0.25) is 0 Å². The minimum Gasteiger partial charge on any atom is -0.399 e. The third-order valence-electron chi connectivity index (χ3n) is 1.94. The van der Waals surface area contributed by atoms with Gasteiger partial charge in [-0.15, -0.1) is 0 Å². The number of hydrazine groups is 1. The van der Waals surface area contributed by atoms with Gasteiger partial charge in [0, 0.05) is 18.8 Å². The maximum atomic E-state index is 5.66. The molecule has 1 aromatic rings. The molecule has 0 fully saturated rings. The zero-order valence-corrected chi connectivity index (χ0v) is 8.25. The zero-order valence-electron chi connectivity index (χ0n) is 8.25. The summed E-state index contributed by atoms with van der Waals surface area (Å²) in [6.07, 6.45) is 0. The van der Waals surface area contributed by atoms with Gasteiger partial charge in [-0.05, 0) is 18.2 Å². The van der Waals surface area contributed by atoms with Gasteiger partial charge < -0.3 is 11.2 Å². The molecule has 0 atom stereocenters. The van der Waals surface area contributed by atoms with Gasteiger partial charge >= 0.3 is 0 Å². The second-order valence-corrected chi connectivity index (χ2v) is 2.91. The van der Waals surface area contributed by atoms with Crippen molar-refractivity contribution in [3.8, 4) is 0 Å². The third kappa shape index (κ3) is 2.95. The molecule has 0 spiro atoms. The summed E-state index contributed by atoms with van der Waals surface area (Å²) in [6.45, 7) is 6.18. The lowest BCUT2D eigenvalue weighted by atomic mass is 10.3. The molecule has 0 saturated carbocycles. The molecule has 0 radical (unpaired) electrons. The van der Waals surface area contributed by atoms with E-state index in [1.54, 1.807) is 0 Å². The summed E-state index contributed by atoms with van der Waals surface area (Å²) < 4.78 is 0. The van der Waals surface area contributed by atoms with Gasteiger partial charge in [-0.2, -0.15) is 0 Å². The Balaban J connectivity index is 2.62. The highest BCUT2D eigenvalue weighted by Crippen LogP contribution is 2.12. The Morgan fingerprint density at radius 1 is 1.31 bits per heavy atom. The Labute approximate surface area is 79.5 Å². The van der Waals surface area contributed by atoms with Crippen LogP contribution in [0.3, 0.4) is 0 Å². The molecule has 0 aromatic heterocycles. The van der Waals surface area contributed by atoms with Crippen LogP contribution in [0.1, 0.15) is 13.8 Å². The monoisotopic (exact) mass is 179 g/mol. The minimum absolute atomic E-state index is 0.789. The maximum absolute atomic E-state index is 5.66. The summed E-state index contributed by atoms with van der Waals surface area (Å²) in [4.78, 5) is 0. The van der Waals surface area contributed by atoms with Crippen molar-refractivity contribution in [1.29, 1.82) is 0 Å². The van der Waals surface area contributed by atoms with Crippen LogP contribution >= 0.6 is 0 Å². The van der Waals surface area contributed by atoms with Crippen molar-refractivity contribution >= 4 is 11.4 Å². The Hall–Kier alpha value is -1.22. The van der Waals surface area contributed by atoms with Crippen LogP contribution in [0, 0.1) is 0 Å². The predicted molar refractivity (Wildman–Crippen MR) is 57.4 cm³/mol. The van der Waals surface area contributed by atoms with Crippen LogP contribution in [-0.2, 0) is 0 Å². The summed E-state index contributed by atoms with van der Waals surface area (Å²) in [5.41, 5.74) is 10.8. The van der Waals surface area contributed by atoms with Gasteiger partial charge in [-0.1, -0.05) is 19.9 Å². The Bertz CT molecular complexity index is 256. The third-order valence-corrected chi connectivity index (χ3v) is 1.94. The number of hydrogen-bond donors (Lipinski definition) is 2. The summed E-state index contributed by atoms with van der Waals surface area (Å²) in [6, 6.07) is 7.77. The lowest BCUT2D eigenvalue weighted by Gasteiger charge is -2.20. The maximum Gasteiger partial charge on any atom is 0.0510 e. The van der Waals surface area contributed by atoms with E-state index in [1.807, 2.05) is 24.3 Å². The first-order valence-corrected chi connectivity index (χ1v) is 4.63. The molecule has 0 amide bonds. The molecule has 0 aliphatic rings. The molecule has 13 heavy (non-hydrogen) atoms. The molecule has 1 aromatic carbocycles. The SMILES string of the molecule is CCN(CC)Nc1cccc(N)c1. The topological polar surface area (TPSA) is 41.3 Å². The quantitative estimate of drug-likeness (QED) is 0.548. The molecule has 72 valence electrons. The van der Waals surface area contributed by atoms with Crippen molar-refractivity contribution in [2.24, 2.45) is 0 Å². The van der Waals surface area contributed by atoms with Crippen LogP contribution in [0.15, 0.2) is 24.3 Å². The fourth-order valence-corrected chi connectivity index (χ4v) is 1.17. The van der Waals surface area contributed by atoms with Gasteiger partial charge in [0.2, 0.25) is 0 Å². The van der Waals surface area contributed by atoms with Crippen molar-refractivity contribution in [2.45, 2.75) is 13.8 Å². The standard InChI is InChI=1S/C10H17N3/c1-3-13(4-2)12-10-7-5-6-9(11)8-10/h5-8,12H,3-4,11H2,1-2H3. The fraction of sp³-hybridized carbons (Fsp3) is 0.400. The van der Waals surface area contributed by atoms with E-state index in [0.29, 0.717) is 0 Å². The number of hydrogen-bond acceptors (Lipinski definition) is 3. The molecule has 0 unspecified atom stereocenters. The van der Waals surface area contributed by atoms with Crippen LogP contribution in [0.4, 0.5) is 11.4 Å². The number of anilines is 2. The molecular formula is C10H17N3. The van der Waals surface area contributed by atoms with Crippen molar-refractivity contribution in [3.63, 3.8) is 0 Å². The molecule has 0 aliphatic carbocycles. The van der Waals surface area contributed by atoms with Crippen LogP contribution in [0.25, 0.3) is 0 Å². The molecule has 1 rings (SSSR count). The van der Waals surface area contributed by atoms with Gasteiger partial charge in [-0.25, -0.2) is 5.01 Å². The highest BCUT2D eigenvalue weighted by molar-refractivity contribution is 5.53. The molecule has 0 heterocycles. The van der Waals surface area contributed by atoms with E-state index >= 15 is 0 Å². The molecule has 3 nitrogen and oxygen atoms in total. The van der Waals surface area contributed by atoms with Crippen molar-refractivity contribution in [2.75, 3.05) is 24.2 Å². The van der Waals surface area contributed by atoms with Crippen LogP contribution < -0.4 is 11.2 Å². The van der Waals surface area contributed by atoms with Gasteiger partial charge in [0.25, 0.3) is 0 Å². The molecule has 0 aliphatic heterocycles. The van der Waals surface area contributed by atoms with E-state index in [4.69, 9.17) is 5.73 Å². The van der Waals surface area contributed by atoms with Gasteiger partial charge in [0.05, 0.1) is 5.69 Å². The Kier molecular flexibility index (Phi) is 3.58.